The van der Waals surface area contributed by atoms with Crippen molar-refractivity contribution in [3.63, 3.8) is 0 Å². The van der Waals surface area contributed by atoms with E-state index in [4.69, 9.17) is 14.6 Å². The van der Waals surface area contributed by atoms with Gasteiger partial charge in [0, 0.05) is 42.1 Å². The van der Waals surface area contributed by atoms with E-state index in [2.05, 4.69) is 20.8 Å². The van der Waals surface area contributed by atoms with Crippen LogP contribution in [0, 0.1) is 5.82 Å². The molecule has 0 atom stereocenters. The molecular weight excluding hydrogens is 549 g/mol. The minimum atomic E-state index is -3.00. The molecule has 0 fully saturated rings. The second kappa shape index (κ2) is 12.5. The van der Waals surface area contributed by atoms with Gasteiger partial charge in [-0.25, -0.2) is 17.8 Å². The molecule has 2 aromatic carbocycles. The monoisotopic (exact) mass is 581 g/mol. The highest BCUT2D eigenvalue weighted by Gasteiger charge is 2.27. The van der Waals surface area contributed by atoms with E-state index >= 15 is 0 Å². The molecule has 5 rings (SSSR count). The number of hydrogen-bond acceptors (Lipinski definition) is 10. The fourth-order valence-corrected chi connectivity index (χ4v) is 4.99. The minimum Gasteiger partial charge on any atom is -0.477 e. The molecule has 0 saturated carbocycles. The summed E-state index contributed by atoms with van der Waals surface area (Å²) in [7, 11) is -1.46. The first-order valence-electron chi connectivity index (χ1n) is 13.1. The van der Waals surface area contributed by atoms with Crippen molar-refractivity contribution in [3.05, 3.63) is 95.3 Å². The van der Waals surface area contributed by atoms with Crippen molar-refractivity contribution in [3.8, 4) is 0 Å². The second-order valence-corrected chi connectivity index (χ2v) is 11.9. The highest BCUT2D eigenvalue weighted by molar-refractivity contribution is 7.90. The van der Waals surface area contributed by atoms with Crippen molar-refractivity contribution in [2.75, 3.05) is 43.7 Å². The number of sulfone groups is 1. The van der Waals surface area contributed by atoms with Gasteiger partial charge in [0.15, 0.2) is 0 Å². The number of rotatable bonds is 13. The maximum absolute atomic E-state index is 14.1. The first kappa shape index (κ1) is 28.3. The Morgan fingerprint density at radius 1 is 1.17 bits per heavy atom. The number of aliphatic imine (C=N–C) groups is 1. The summed E-state index contributed by atoms with van der Waals surface area (Å²) in [5, 5.41) is 15.8. The molecule has 0 amide bonds. The lowest BCUT2D eigenvalue weighted by Gasteiger charge is -2.33. The van der Waals surface area contributed by atoms with Crippen LogP contribution in [0.5, 0.6) is 0 Å². The van der Waals surface area contributed by atoms with Crippen molar-refractivity contribution in [2.24, 2.45) is 4.99 Å². The van der Waals surface area contributed by atoms with E-state index in [1.165, 1.54) is 23.5 Å². The van der Waals surface area contributed by atoms with Crippen LogP contribution < -0.4 is 15.5 Å². The van der Waals surface area contributed by atoms with Crippen LogP contribution in [0.25, 0.3) is 10.9 Å². The van der Waals surface area contributed by atoms with Crippen LogP contribution in [-0.4, -0.2) is 68.8 Å². The quantitative estimate of drug-likeness (QED) is 0.261. The molecule has 2 aliphatic heterocycles. The Hall–Kier alpha value is -4.20. The molecule has 0 aliphatic carbocycles. The van der Waals surface area contributed by atoms with Gasteiger partial charge in [0.2, 0.25) is 5.88 Å². The van der Waals surface area contributed by atoms with Gasteiger partial charge < -0.3 is 20.3 Å². The van der Waals surface area contributed by atoms with Crippen LogP contribution in [0.15, 0.2) is 88.9 Å². The number of allylic oxidation sites excluding steroid dienone is 1. The van der Waals surface area contributed by atoms with Crippen molar-refractivity contribution < 1.29 is 22.4 Å². The standard InChI is InChI=1S/C28H32FN7O4S/c1-39-36-18-26-24(15-27(36)40-11-4-9-30-10-12-41(2,37)38)28(32-19-31-26)35(17-20-5-3-6-22(29)13-20)23-7-8-25-21(14-23)16-33-34-25/h3,5-8,13-16,18-19,30H,4,9-12,17H2,1-2H3,(H,31,32)(H,33,34). The predicted molar refractivity (Wildman–Crippen MR) is 155 cm³/mol. The molecule has 3 heterocycles. The van der Waals surface area contributed by atoms with Gasteiger partial charge in [-0.1, -0.05) is 12.1 Å². The minimum absolute atomic E-state index is 0.0914. The summed E-state index contributed by atoms with van der Waals surface area (Å²) in [6.45, 7) is 1.74. The van der Waals surface area contributed by atoms with Gasteiger partial charge in [0.1, 0.15) is 21.5 Å². The Morgan fingerprint density at radius 2 is 2.05 bits per heavy atom. The van der Waals surface area contributed by atoms with E-state index in [1.807, 2.05) is 35.2 Å². The van der Waals surface area contributed by atoms with Gasteiger partial charge in [0.25, 0.3) is 0 Å². The maximum Gasteiger partial charge on any atom is 0.218 e. The topological polar surface area (TPSA) is 124 Å². The van der Waals surface area contributed by atoms with E-state index in [9.17, 15) is 12.8 Å². The van der Waals surface area contributed by atoms with E-state index in [1.54, 1.807) is 31.9 Å². The number of hydrogen-bond donors (Lipinski definition) is 3. The Balaban J connectivity index is 1.42. The zero-order valence-electron chi connectivity index (χ0n) is 22.8. The summed E-state index contributed by atoms with van der Waals surface area (Å²) < 4.78 is 42.8. The SMILES string of the molecule is CON1C=C2NC=NC(N(Cc3cccc(F)c3)c3ccc4[nH]ncc4c3)=C2C=C1OCCCNCCS(C)(=O)=O. The summed E-state index contributed by atoms with van der Waals surface area (Å²) >= 11 is 0. The Labute approximate surface area is 237 Å². The maximum atomic E-state index is 14.1. The van der Waals surface area contributed by atoms with E-state index in [0.29, 0.717) is 44.4 Å². The van der Waals surface area contributed by atoms with Crippen LogP contribution in [-0.2, 0) is 26.0 Å². The van der Waals surface area contributed by atoms with Crippen LogP contribution in [0.2, 0.25) is 0 Å². The molecule has 0 unspecified atom stereocenters. The zero-order valence-corrected chi connectivity index (χ0v) is 23.6. The zero-order chi connectivity index (χ0) is 28.8. The fraction of sp³-hybridized carbons (Fsp3) is 0.286. The predicted octanol–water partition coefficient (Wildman–Crippen LogP) is 3.15. The fourth-order valence-electron chi connectivity index (χ4n) is 4.47. The van der Waals surface area contributed by atoms with Gasteiger partial charge in [-0.15, -0.1) is 0 Å². The van der Waals surface area contributed by atoms with E-state index in [0.717, 1.165) is 33.4 Å². The number of nitrogens with one attached hydrogen (secondary N) is 3. The van der Waals surface area contributed by atoms with Crippen molar-refractivity contribution in [1.29, 1.82) is 0 Å². The number of fused-ring (bicyclic) bond motifs is 2. The molecule has 0 saturated heterocycles. The van der Waals surface area contributed by atoms with Crippen molar-refractivity contribution >= 4 is 32.8 Å². The number of aromatic amines is 1. The Kier molecular flexibility index (Phi) is 8.67. The van der Waals surface area contributed by atoms with Gasteiger partial charge in [0.05, 0.1) is 49.4 Å². The van der Waals surface area contributed by atoms with Gasteiger partial charge >= 0.3 is 0 Å². The van der Waals surface area contributed by atoms with Gasteiger partial charge in [-0.3, -0.25) is 9.94 Å². The van der Waals surface area contributed by atoms with Crippen LogP contribution in [0.1, 0.15) is 12.0 Å². The number of halogens is 1. The van der Waals surface area contributed by atoms with Crippen LogP contribution in [0.4, 0.5) is 10.1 Å². The van der Waals surface area contributed by atoms with E-state index in [-0.39, 0.29) is 11.6 Å². The average molecular weight is 582 g/mol. The highest BCUT2D eigenvalue weighted by Crippen LogP contribution is 2.34. The summed E-state index contributed by atoms with van der Waals surface area (Å²) in [6.07, 6.45) is 8.87. The molecule has 41 heavy (non-hydrogen) atoms. The molecule has 1 aromatic heterocycles. The van der Waals surface area contributed by atoms with Gasteiger partial charge in [-0.05, 0) is 48.9 Å². The van der Waals surface area contributed by atoms with Gasteiger partial charge in [-0.2, -0.15) is 10.2 Å². The van der Waals surface area contributed by atoms with Crippen LogP contribution >= 0.6 is 0 Å². The Morgan fingerprint density at radius 3 is 2.85 bits per heavy atom. The number of nitrogens with zero attached hydrogens (tertiary/aromatic N) is 4. The largest absolute Gasteiger partial charge is 0.477 e. The number of aromatic nitrogens is 2. The first-order valence-corrected chi connectivity index (χ1v) is 15.1. The normalized spacial score (nSPS) is 15.0. The third kappa shape index (κ3) is 7.12. The number of benzene rings is 2. The smallest absolute Gasteiger partial charge is 0.218 e. The van der Waals surface area contributed by atoms with Crippen molar-refractivity contribution in [1.82, 2.24) is 25.9 Å². The summed E-state index contributed by atoms with van der Waals surface area (Å²) in [6, 6.07) is 12.4. The molecule has 13 heteroatoms. The summed E-state index contributed by atoms with van der Waals surface area (Å²) in [5.41, 5.74) is 4.06. The summed E-state index contributed by atoms with van der Waals surface area (Å²) in [5.74, 6) is 0.888. The lowest BCUT2D eigenvalue weighted by molar-refractivity contribution is -0.105. The lowest BCUT2D eigenvalue weighted by atomic mass is 10.1. The number of H-pyrrole nitrogens is 1. The third-order valence-electron chi connectivity index (χ3n) is 6.48. The molecule has 0 spiro atoms. The molecule has 2 aliphatic rings. The third-order valence-corrected chi connectivity index (χ3v) is 7.43. The lowest BCUT2D eigenvalue weighted by Crippen LogP contribution is -2.32. The first-order chi connectivity index (χ1) is 19.8. The number of anilines is 1. The molecule has 11 nitrogen and oxygen atoms in total. The molecule has 0 bridgehead atoms. The molecular formula is C28H32FN7O4S. The Bertz CT molecular complexity index is 1630. The van der Waals surface area contributed by atoms with E-state index < -0.39 is 9.84 Å². The second-order valence-electron chi connectivity index (χ2n) is 9.61. The molecule has 216 valence electrons. The molecule has 0 radical (unpaired) electrons. The van der Waals surface area contributed by atoms with Crippen molar-refractivity contribution in [2.45, 2.75) is 13.0 Å². The average Bonchev–Trinajstić information content (AvgIpc) is 3.42. The molecule has 3 aromatic rings. The number of ether oxygens (including phenoxy) is 1. The highest BCUT2D eigenvalue weighted by atomic mass is 32.2. The van der Waals surface area contributed by atoms with Crippen LogP contribution in [0.3, 0.4) is 0 Å². The summed E-state index contributed by atoms with van der Waals surface area (Å²) in [4.78, 5) is 12.2. The molecule has 3 N–H and O–H groups in total. The number of hydroxylamine groups is 2.